The Morgan fingerprint density at radius 1 is 1.54 bits per heavy atom. The van der Waals surface area contributed by atoms with Gasteiger partial charge in [0.05, 0.1) is 19.3 Å². The molecule has 1 unspecified atom stereocenters. The monoisotopic (exact) mass is 201 g/mol. The number of hydrogen-bond donors (Lipinski definition) is 1. The first-order chi connectivity index (χ1) is 6.34. The molecule has 1 saturated heterocycles. The fourth-order valence-corrected chi connectivity index (χ4v) is 2.38. The lowest BCUT2D eigenvalue weighted by Gasteiger charge is -2.27. The largest absolute Gasteiger partial charge is 0.379 e. The molecule has 2 aliphatic heterocycles. The van der Waals surface area contributed by atoms with Gasteiger partial charge in [-0.05, 0) is 0 Å². The summed E-state index contributed by atoms with van der Waals surface area (Å²) < 4.78 is 5.28. The van der Waals surface area contributed by atoms with Crippen molar-refractivity contribution in [2.45, 2.75) is 6.04 Å². The van der Waals surface area contributed by atoms with Crippen LogP contribution in [-0.2, 0) is 4.74 Å². The zero-order valence-electron chi connectivity index (χ0n) is 7.61. The molecule has 0 spiro atoms. The Bertz CT molecular complexity index is 204. The lowest BCUT2D eigenvalue weighted by molar-refractivity contribution is 0.0364. The summed E-state index contributed by atoms with van der Waals surface area (Å²) in [5.41, 5.74) is 5.60. The van der Waals surface area contributed by atoms with Gasteiger partial charge in [0, 0.05) is 25.4 Å². The molecule has 13 heavy (non-hydrogen) atoms. The van der Waals surface area contributed by atoms with E-state index < -0.39 is 0 Å². The molecule has 4 nitrogen and oxygen atoms in total. The first-order valence-electron chi connectivity index (χ1n) is 4.61. The van der Waals surface area contributed by atoms with Crippen molar-refractivity contribution in [1.29, 1.82) is 0 Å². The third-order valence-electron chi connectivity index (χ3n) is 2.31. The van der Waals surface area contributed by atoms with E-state index in [4.69, 9.17) is 10.5 Å². The van der Waals surface area contributed by atoms with Crippen LogP contribution in [-0.4, -0.2) is 54.7 Å². The SMILES string of the molecule is NC1=NC(CN2CCOCC2)CS1. The topological polar surface area (TPSA) is 50.8 Å². The molecule has 0 aliphatic carbocycles. The average Bonchev–Trinajstić information content (AvgIpc) is 2.53. The van der Waals surface area contributed by atoms with Crippen molar-refractivity contribution in [3.8, 4) is 0 Å². The van der Waals surface area contributed by atoms with Crippen LogP contribution in [0, 0.1) is 0 Å². The van der Waals surface area contributed by atoms with Gasteiger partial charge in [-0.1, -0.05) is 11.8 Å². The van der Waals surface area contributed by atoms with Crippen LogP contribution in [0.15, 0.2) is 4.99 Å². The molecule has 2 heterocycles. The number of thioether (sulfide) groups is 1. The molecule has 2 aliphatic rings. The Morgan fingerprint density at radius 2 is 2.31 bits per heavy atom. The molecule has 0 radical (unpaired) electrons. The highest BCUT2D eigenvalue weighted by Crippen LogP contribution is 2.16. The molecule has 0 aromatic heterocycles. The minimum Gasteiger partial charge on any atom is -0.379 e. The van der Waals surface area contributed by atoms with E-state index in [1.165, 1.54) is 0 Å². The standard InChI is InChI=1S/C8H15N3OS/c9-8-10-7(6-13-8)5-11-1-3-12-4-2-11/h7H,1-6H2,(H2,9,10). The number of hydrogen-bond acceptors (Lipinski definition) is 5. The second-order valence-corrected chi connectivity index (χ2v) is 4.39. The number of ether oxygens (including phenoxy) is 1. The normalized spacial score (nSPS) is 30.5. The zero-order valence-corrected chi connectivity index (χ0v) is 8.42. The summed E-state index contributed by atoms with van der Waals surface area (Å²) in [4.78, 5) is 6.76. The maximum absolute atomic E-state index is 5.60. The average molecular weight is 201 g/mol. The smallest absolute Gasteiger partial charge is 0.154 e. The Labute approximate surface area is 82.5 Å². The Balaban J connectivity index is 1.77. The molecule has 0 bridgehead atoms. The van der Waals surface area contributed by atoms with Crippen molar-refractivity contribution in [2.75, 3.05) is 38.6 Å². The maximum Gasteiger partial charge on any atom is 0.154 e. The number of nitrogens with two attached hydrogens (primary N) is 1. The highest BCUT2D eigenvalue weighted by molar-refractivity contribution is 8.14. The summed E-state index contributed by atoms with van der Waals surface area (Å²) in [6, 6.07) is 0.406. The minimum atomic E-state index is 0.406. The highest BCUT2D eigenvalue weighted by Gasteiger charge is 2.20. The Morgan fingerprint density at radius 3 is 2.92 bits per heavy atom. The molecule has 1 fully saturated rings. The van der Waals surface area contributed by atoms with Crippen LogP contribution in [0.2, 0.25) is 0 Å². The van der Waals surface area contributed by atoms with Crippen molar-refractivity contribution >= 4 is 16.9 Å². The van der Waals surface area contributed by atoms with Gasteiger partial charge in [0.25, 0.3) is 0 Å². The second kappa shape index (κ2) is 4.30. The van der Waals surface area contributed by atoms with Crippen molar-refractivity contribution in [3.05, 3.63) is 0 Å². The van der Waals surface area contributed by atoms with Crippen LogP contribution >= 0.6 is 11.8 Å². The van der Waals surface area contributed by atoms with E-state index in [0.717, 1.165) is 43.8 Å². The minimum absolute atomic E-state index is 0.406. The molecule has 5 heteroatoms. The summed E-state index contributed by atoms with van der Waals surface area (Å²) in [5.74, 6) is 1.04. The summed E-state index contributed by atoms with van der Waals surface area (Å²) in [5, 5.41) is 0.748. The van der Waals surface area contributed by atoms with Gasteiger partial charge < -0.3 is 10.5 Å². The van der Waals surface area contributed by atoms with Crippen molar-refractivity contribution in [3.63, 3.8) is 0 Å². The Kier molecular flexibility index (Phi) is 3.08. The van der Waals surface area contributed by atoms with Crippen LogP contribution < -0.4 is 5.73 Å². The fourth-order valence-electron chi connectivity index (χ4n) is 1.61. The second-order valence-electron chi connectivity index (χ2n) is 3.35. The van der Waals surface area contributed by atoms with Crippen LogP contribution in [0.3, 0.4) is 0 Å². The van der Waals surface area contributed by atoms with E-state index in [1.54, 1.807) is 11.8 Å². The van der Waals surface area contributed by atoms with Gasteiger partial charge in [-0.2, -0.15) is 0 Å². The summed E-state index contributed by atoms with van der Waals surface area (Å²) >= 11 is 1.66. The predicted octanol–water partition coefficient (Wildman–Crippen LogP) is -0.251. The van der Waals surface area contributed by atoms with Crippen molar-refractivity contribution in [2.24, 2.45) is 10.7 Å². The molecular formula is C8H15N3OS. The molecule has 1 atom stereocenters. The van der Waals surface area contributed by atoms with Gasteiger partial charge >= 0.3 is 0 Å². The van der Waals surface area contributed by atoms with Crippen LogP contribution in [0.4, 0.5) is 0 Å². The van der Waals surface area contributed by atoms with Gasteiger partial charge in [0.15, 0.2) is 5.17 Å². The van der Waals surface area contributed by atoms with Crippen LogP contribution in [0.25, 0.3) is 0 Å². The molecule has 0 amide bonds. The zero-order chi connectivity index (χ0) is 9.10. The Hall–Kier alpha value is -0.260. The summed E-state index contributed by atoms with van der Waals surface area (Å²) in [6.45, 7) is 4.84. The number of nitrogens with zero attached hydrogens (tertiary/aromatic N) is 2. The lowest BCUT2D eigenvalue weighted by atomic mass is 10.3. The number of morpholine rings is 1. The number of amidine groups is 1. The number of aliphatic imine (C=N–C) groups is 1. The summed E-state index contributed by atoms with van der Waals surface area (Å²) in [6.07, 6.45) is 0. The van der Waals surface area contributed by atoms with Gasteiger partial charge in [0.2, 0.25) is 0 Å². The molecule has 2 N–H and O–H groups in total. The van der Waals surface area contributed by atoms with Gasteiger partial charge in [0.1, 0.15) is 0 Å². The molecular weight excluding hydrogens is 186 g/mol. The van der Waals surface area contributed by atoms with Crippen molar-refractivity contribution in [1.82, 2.24) is 4.90 Å². The lowest BCUT2D eigenvalue weighted by Crippen LogP contribution is -2.40. The molecule has 74 valence electrons. The van der Waals surface area contributed by atoms with Crippen LogP contribution in [0.5, 0.6) is 0 Å². The van der Waals surface area contributed by atoms with E-state index in [0.29, 0.717) is 6.04 Å². The van der Waals surface area contributed by atoms with E-state index in [9.17, 15) is 0 Å². The van der Waals surface area contributed by atoms with E-state index in [-0.39, 0.29) is 0 Å². The first-order valence-corrected chi connectivity index (χ1v) is 5.59. The third kappa shape index (κ3) is 2.59. The number of rotatable bonds is 2. The van der Waals surface area contributed by atoms with E-state index >= 15 is 0 Å². The van der Waals surface area contributed by atoms with Crippen LogP contribution in [0.1, 0.15) is 0 Å². The molecule has 0 aromatic carbocycles. The third-order valence-corrected chi connectivity index (χ3v) is 3.26. The summed E-state index contributed by atoms with van der Waals surface area (Å²) in [7, 11) is 0. The first kappa shape index (κ1) is 9.30. The van der Waals surface area contributed by atoms with Gasteiger partial charge in [-0.3, -0.25) is 9.89 Å². The quantitative estimate of drug-likeness (QED) is 0.669. The van der Waals surface area contributed by atoms with Gasteiger partial charge in [-0.25, -0.2) is 0 Å². The molecule has 0 aromatic rings. The molecule has 0 saturated carbocycles. The van der Waals surface area contributed by atoms with E-state index in [1.807, 2.05) is 0 Å². The predicted molar refractivity (Wildman–Crippen MR) is 55.1 cm³/mol. The van der Waals surface area contributed by atoms with Gasteiger partial charge in [-0.15, -0.1) is 0 Å². The maximum atomic E-state index is 5.60. The highest BCUT2D eigenvalue weighted by atomic mass is 32.2. The molecule has 2 rings (SSSR count). The van der Waals surface area contributed by atoms with E-state index in [2.05, 4.69) is 9.89 Å². The van der Waals surface area contributed by atoms with Crippen molar-refractivity contribution < 1.29 is 4.74 Å². The fraction of sp³-hybridized carbons (Fsp3) is 0.875.